The molecule has 0 amide bonds. The van der Waals surface area contributed by atoms with Crippen LogP contribution in [0.15, 0.2) is 10.6 Å². The summed E-state index contributed by atoms with van der Waals surface area (Å²) in [5.41, 5.74) is 1.12. The van der Waals surface area contributed by atoms with Gasteiger partial charge in [0.1, 0.15) is 0 Å². The van der Waals surface area contributed by atoms with Gasteiger partial charge in [-0.3, -0.25) is 0 Å². The van der Waals surface area contributed by atoms with E-state index in [0.717, 1.165) is 5.57 Å². The summed E-state index contributed by atoms with van der Waals surface area (Å²) < 4.78 is 0. The minimum absolute atomic E-state index is 0. The maximum Gasteiger partial charge on any atom is 0.0881 e. The summed E-state index contributed by atoms with van der Waals surface area (Å²) in [7, 11) is 0. The van der Waals surface area contributed by atoms with E-state index in [1.54, 1.807) is 0 Å². The second-order valence-electron chi connectivity index (χ2n) is 4.23. The first-order valence-corrected chi connectivity index (χ1v) is 4.94. The molecule has 0 aromatic heterocycles. The molecule has 0 fully saturated rings. The Balaban J connectivity index is 0.00000169. The molecule has 0 saturated carbocycles. The van der Waals surface area contributed by atoms with Crippen LogP contribution in [0.5, 0.6) is 0 Å². The molecule has 1 atom stereocenters. The molecule has 77 valence electrons. The maximum atomic E-state index is 4.51. The Morgan fingerprint density at radius 3 is 2.36 bits per heavy atom. The van der Waals surface area contributed by atoms with Gasteiger partial charge in [-0.2, -0.15) is 11.8 Å². The normalized spacial score (nSPS) is 21.2. The van der Waals surface area contributed by atoms with E-state index >= 15 is 0 Å². The average molecular weight is 268 g/mol. The van der Waals surface area contributed by atoms with Crippen molar-refractivity contribution in [3.63, 3.8) is 0 Å². The average Bonchev–Trinajstić information content (AvgIpc) is 2.03. The first-order valence-electron chi connectivity index (χ1n) is 4.94. The van der Waals surface area contributed by atoms with Gasteiger partial charge in [0.25, 0.3) is 0 Å². The van der Waals surface area contributed by atoms with Gasteiger partial charge in [-0.25, -0.2) is 0 Å². The van der Waals surface area contributed by atoms with Gasteiger partial charge in [-0.05, 0) is 19.8 Å². The second kappa shape index (κ2) is 6.02. The zero-order valence-corrected chi connectivity index (χ0v) is 12.6. The van der Waals surface area contributed by atoms with Gasteiger partial charge >= 0.3 is 0 Å². The third-order valence-corrected chi connectivity index (χ3v) is 2.16. The van der Waals surface area contributed by atoms with Gasteiger partial charge in [0.15, 0.2) is 0 Å². The number of allylic oxidation sites excluding steroid dienone is 1. The molecule has 1 radical (unpaired) electrons. The zero-order valence-electron chi connectivity index (χ0n) is 9.78. The molecule has 0 aromatic carbocycles. The third kappa shape index (κ3) is 3.47. The van der Waals surface area contributed by atoms with Crippen LogP contribution in [-0.4, -0.2) is 23.3 Å². The van der Waals surface area contributed by atoms with E-state index < -0.39 is 0 Å². The molecular weight excluding hydrogens is 249 g/mol. The van der Waals surface area contributed by atoms with Crippen LogP contribution in [0, 0.1) is 12.1 Å². The van der Waals surface area contributed by atoms with Crippen molar-refractivity contribution in [3.05, 3.63) is 11.8 Å². The molecule has 1 unspecified atom stereocenters. The van der Waals surface area contributed by atoms with Gasteiger partial charge < -0.3 is 9.89 Å². The van der Waals surface area contributed by atoms with E-state index in [-0.39, 0.29) is 38.9 Å². The number of hydrogen-bond donors (Lipinski definition) is 0. The molecule has 2 nitrogen and oxygen atoms in total. The molecule has 0 saturated heterocycles. The van der Waals surface area contributed by atoms with E-state index in [4.69, 9.17) is 0 Å². The standard InChI is InChI=1S/C11H19N2.Y/c1-8(2)11-12-6-10(5)7-13(11)9(3)4;/h6,8-9,11H,1-5H3;/q-1;. The number of nitrogens with zero attached hydrogens (tertiary/aromatic N) is 2. The number of aliphatic imine (C=N–C) groups is 1. The van der Waals surface area contributed by atoms with Crippen LogP contribution >= 0.6 is 0 Å². The van der Waals surface area contributed by atoms with Crippen molar-refractivity contribution in [3.8, 4) is 0 Å². The van der Waals surface area contributed by atoms with Crippen LogP contribution in [0.25, 0.3) is 0 Å². The van der Waals surface area contributed by atoms with Crippen molar-refractivity contribution in [1.82, 2.24) is 4.90 Å². The van der Waals surface area contributed by atoms with Crippen LogP contribution in [0.4, 0.5) is 0 Å². The van der Waals surface area contributed by atoms with Gasteiger partial charge in [0.05, 0.1) is 6.17 Å². The van der Waals surface area contributed by atoms with E-state index in [9.17, 15) is 0 Å². The molecule has 14 heavy (non-hydrogen) atoms. The van der Waals surface area contributed by atoms with Crippen molar-refractivity contribution in [2.24, 2.45) is 10.9 Å². The topological polar surface area (TPSA) is 15.6 Å². The minimum atomic E-state index is 0. The smallest absolute Gasteiger partial charge is 0.0881 e. The summed E-state index contributed by atoms with van der Waals surface area (Å²) in [5.74, 6) is 0.541. The van der Waals surface area contributed by atoms with Crippen molar-refractivity contribution < 1.29 is 32.7 Å². The maximum absolute atomic E-state index is 4.51. The second-order valence-corrected chi connectivity index (χ2v) is 4.23. The van der Waals surface area contributed by atoms with Crippen LogP contribution in [0.3, 0.4) is 0 Å². The van der Waals surface area contributed by atoms with E-state index in [1.807, 2.05) is 13.1 Å². The van der Waals surface area contributed by atoms with Crippen molar-refractivity contribution in [2.75, 3.05) is 0 Å². The summed E-state index contributed by atoms with van der Waals surface area (Å²) in [5, 5.41) is 0. The predicted octanol–water partition coefficient (Wildman–Crippen LogP) is 2.47. The SMILES string of the molecule is CC1=[C-]N(C(C)C)C(C(C)C)N=C1.[Y]. The Kier molecular flexibility index (Phi) is 6.15. The van der Waals surface area contributed by atoms with Crippen molar-refractivity contribution >= 4 is 6.21 Å². The largest absolute Gasteiger partial charge is 0.443 e. The molecule has 1 aliphatic rings. The molecule has 0 aromatic rings. The van der Waals surface area contributed by atoms with Gasteiger partial charge in [0.2, 0.25) is 0 Å². The fraction of sp³-hybridized carbons (Fsp3) is 0.727. The molecule has 1 heterocycles. The molecule has 1 aliphatic heterocycles. The quantitative estimate of drug-likeness (QED) is 0.702. The van der Waals surface area contributed by atoms with Crippen molar-refractivity contribution in [2.45, 2.75) is 46.8 Å². The molecular formula is C11H19N2Y-. The summed E-state index contributed by atoms with van der Waals surface area (Å²) in [6, 6.07) is 0.472. The summed E-state index contributed by atoms with van der Waals surface area (Å²) >= 11 is 0. The molecule has 0 spiro atoms. The fourth-order valence-electron chi connectivity index (χ4n) is 1.49. The monoisotopic (exact) mass is 268 g/mol. The summed E-state index contributed by atoms with van der Waals surface area (Å²) in [4.78, 5) is 6.72. The van der Waals surface area contributed by atoms with Crippen LogP contribution in [0.1, 0.15) is 34.6 Å². The zero-order chi connectivity index (χ0) is 10.0. The minimum Gasteiger partial charge on any atom is -0.443 e. The molecule has 0 aliphatic carbocycles. The van der Waals surface area contributed by atoms with Crippen molar-refractivity contribution in [1.29, 1.82) is 0 Å². The van der Waals surface area contributed by atoms with Gasteiger partial charge in [0, 0.05) is 38.8 Å². The Labute approximate surface area is 113 Å². The Morgan fingerprint density at radius 1 is 1.36 bits per heavy atom. The first kappa shape index (κ1) is 14.3. The first-order chi connectivity index (χ1) is 6.02. The van der Waals surface area contributed by atoms with Crippen LogP contribution < -0.4 is 0 Å². The fourth-order valence-corrected chi connectivity index (χ4v) is 1.49. The van der Waals surface area contributed by atoms with Crippen LogP contribution in [-0.2, 0) is 32.7 Å². The number of rotatable bonds is 2. The predicted molar refractivity (Wildman–Crippen MR) is 56.5 cm³/mol. The molecule has 0 N–H and O–H groups in total. The summed E-state index contributed by atoms with van der Waals surface area (Å²) in [6.07, 6.45) is 5.54. The van der Waals surface area contributed by atoms with Gasteiger partial charge in [-0.1, -0.05) is 20.8 Å². The third-order valence-electron chi connectivity index (χ3n) is 2.16. The summed E-state index contributed by atoms with van der Waals surface area (Å²) in [6.45, 7) is 10.8. The number of hydrogen-bond acceptors (Lipinski definition) is 2. The molecule has 1 rings (SSSR count). The Bertz CT molecular complexity index is 231. The van der Waals surface area contributed by atoms with E-state index in [0.29, 0.717) is 12.0 Å². The van der Waals surface area contributed by atoms with E-state index in [2.05, 4.69) is 43.8 Å². The molecule has 3 heteroatoms. The van der Waals surface area contributed by atoms with E-state index in [1.165, 1.54) is 0 Å². The molecule has 0 bridgehead atoms. The Hall–Kier alpha value is 0.314. The van der Waals surface area contributed by atoms with Crippen LogP contribution in [0.2, 0.25) is 0 Å². The Morgan fingerprint density at radius 2 is 1.93 bits per heavy atom. The van der Waals surface area contributed by atoms with Gasteiger partial charge in [-0.15, -0.1) is 6.21 Å².